The number of anilines is 1. The highest BCUT2D eigenvalue weighted by Gasteiger charge is 2.04. The van der Waals surface area contributed by atoms with Gasteiger partial charge in [-0.05, 0) is 30.3 Å². The van der Waals surface area contributed by atoms with Crippen molar-refractivity contribution in [2.24, 2.45) is 5.73 Å². The Morgan fingerprint density at radius 1 is 1.26 bits per heavy atom. The Bertz CT molecular complexity index is 616. The summed E-state index contributed by atoms with van der Waals surface area (Å²) in [6, 6.07) is 11.2. The molecule has 1 amide bonds. The van der Waals surface area contributed by atoms with Crippen LogP contribution in [0.2, 0.25) is 5.02 Å². The molecule has 0 unspecified atom stereocenters. The fraction of sp³-hybridized carbons (Fsp3) is 0.0714. The Labute approximate surface area is 115 Å². The topological polar surface area (TPSA) is 55.1 Å². The maximum atomic E-state index is 13.6. The summed E-state index contributed by atoms with van der Waals surface area (Å²) in [6.07, 6.45) is 0. The fourth-order valence-corrected chi connectivity index (χ4v) is 1.80. The first-order chi connectivity index (χ1) is 9.06. The third kappa shape index (κ3) is 3.45. The molecule has 2 rings (SSSR count). The van der Waals surface area contributed by atoms with Gasteiger partial charge in [-0.25, -0.2) is 4.39 Å². The minimum Gasteiger partial charge on any atom is -0.381 e. The van der Waals surface area contributed by atoms with Crippen LogP contribution < -0.4 is 11.1 Å². The highest BCUT2D eigenvalue weighted by atomic mass is 35.5. The monoisotopic (exact) mass is 278 g/mol. The van der Waals surface area contributed by atoms with Crippen molar-refractivity contribution in [2.75, 3.05) is 5.32 Å². The molecule has 0 saturated heterocycles. The number of hydrogen-bond acceptors (Lipinski definition) is 2. The number of benzene rings is 2. The summed E-state index contributed by atoms with van der Waals surface area (Å²) >= 11 is 5.68. The van der Waals surface area contributed by atoms with Gasteiger partial charge in [0, 0.05) is 28.4 Å². The van der Waals surface area contributed by atoms with Crippen LogP contribution in [0.1, 0.15) is 15.9 Å². The number of amides is 1. The van der Waals surface area contributed by atoms with Gasteiger partial charge in [-0.1, -0.05) is 23.7 Å². The van der Waals surface area contributed by atoms with Crippen LogP contribution in [0.25, 0.3) is 0 Å². The minimum absolute atomic E-state index is 0.297. The molecule has 3 N–H and O–H groups in total. The lowest BCUT2D eigenvalue weighted by Gasteiger charge is -2.08. The lowest BCUT2D eigenvalue weighted by Crippen LogP contribution is -2.11. The number of hydrogen-bond donors (Lipinski definition) is 2. The smallest absolute Gasteiger partial charge is 0.248 e. The summed E-state index contributed by atoms with van der Waals surface area (Å²) in [5.74, 6) is -0.868. The Morgan fingerprint density at radius 3 is 2.74 bits per heavy atom. The molecule has 2 aromatic carbocycles. The molecule has 2 aromatic rings. The third-order valence-electron chi connectivity index (χ3n) is 2.65. The first-order valence-electron chi connectivity index (χ1n) is 5.64. The molecule has 0 heterocycles. The summed E-state index contributed by atoms with van der Waals surface area (Å²) in [4.78, 5) is 11.0. The van der Waals surface area contributed by atoms with E-state index in [0.29, 0.717) is 28.4 Å². The van der Waals surface area contributed by atoms with E-state index in [-0.39, 0.29) is 5.82 Å². The summed E-state index contributed by atoms with van der Waals surface area (Å²) < 4.78 is 13.6. The second-order valence-electron chi connectivity index (χ2n) is 4.03. The van der Waals surface area contributed by atoms with Gasteiger partial charge in [0.1, 0.15) is 5.82 Å². The summed E-state index contributed by atoms with van der Waals surface area (Å²) in [6.45, 7) is 0.297. The second kappa shape index (κ2) is 5.71. The van der Waals surface area contributed by atoms with Crippen molar-refractivity contribution in [1.29, 1.82) is 0 Å². The summed E-state index contributed by atoms with van der Waals surface area (Å²) in [7, 11) is 0. The van der Waals surface area contributed by atoms with Gasteiger partial charge in [-0.15, -0.1) is 0 Å². The van der Waals surface area contributed by atoms with Gasteiger partial charge < -0.3 is 11.1 Å². The molecule has 5 heteroatoms. The van der Waals surface area contributed by atoms with E-state index in [0.717, 1.165) is 0 Å². The predicted molar refractivity (Wildman–Crippen MR) is 73.7 cm³/mol. The first kappa shape index (κ1) is 13.4. The molecule has 0 spiro atoms. The maximum absolute atomic E-state index is 13.6. The predicted octanol–water partition coefficient (Wildman–Crippen LogP) is 3.19. The Hall–Kier alpha value is -2.07. The zero-order valence-electron chi connectivity index (χ0n) is 9.99. The van der Waals surface area contributed by atoms with Gasteiger partial charge in [0.05, 0.1) is 0 Å². The highest BCUT2D eigenvalue weighted by Crippen LogP contribution is 2.17. The van der Waals surface area contributed by atoms with E-state index < -0.39 is 5.91 Å². The molecule has 0 atom stereocenters. The molecular formula is C14H12ClFN2O. The van der Waals surface area contributed by atoms with Gasteiger partial charge in [0.15, 0.2) is 0 Å². The van der Waals surface area contributed by atoms with Crippen LogP contribution in [-0.2, 0) is 6.54 Å². The number of primary amides is 1. The largest absolute Gasteiger partial charge is 0.381 e. The fourth-order valence-electron chi connectivity index (χ4n) is 1.64. The molecule has 3 nitrogen and oxygen atoms in total. The molecule has 0 bridgehead atoms. The van der Waals surface area contributed by atoms with Gasteiger partial charge in [-0.3, -0.25) is 4.79 Å². The van der Waals surface area contributed by atoms with E-state index in [1.54, 1.807) is 36.4 Å². The Balaban J connectivity index is 2.10. The second-order valence-corrected chi connectivity index (χ2v) is 4.47. The number of nitrogens with two attached hydrogens (primary N) is 1. The molecular weight excluding hydrogens is 267 g/mol. The van der Waals surface area contributed by atoms with Crippen LogP contribution in [0, 0.1) is 5.82 Å². The van der Waals surface area contributed by atoms with E-state index in [1.807, 2.05) is 0 Å². The van der Waals surface area contributed by atoms with E-state index in [9.17, 15) is 9.18 Å². The van der Waals surface area contributed by atoms with Gasteiger partial charge in [-0.2, -0.15) is 0 Å². The number of halogens is 2. The zero-order valence-corrected chi connectivity index (χ0v) is 10.7. The van der Waals surface area contributed by atoms with Crippen molar-refractivity contribution >= 4 is 23.2 Å². The van der Waals surface area contributed by atoms with Crippen molar-refractivity contribution in [3.8, 4) is 0 Å². The molecule has 19 heavy (non-hydrogen) atoms. The molecule has 0 aromatic heterocycles. The molecule has 0 saturated carbocycles. The van der Waals surface area contributed by atoms with Crippen molar-refractivity contribution in [2.45, 2.75) is 6.54 Å². The Morgan fingerprint density at radius 2 is 2.05 bits per heavy atom. The molecule has 0 aliphatic rings. The van der Waals surface area contributed by atoms with E-state index in [1.165, 1.54) is 6.07 Å². The maximum Gasteiger partial charge on any atom is 0.248 e. The lowest BCUT2D eigenvalue weighted by atomic mass is 10.1. The van der Waals surface area contributed by atoms with Crippen molar-refractivity contribution < 1.29 is 9.18 Å². The van der Waals surface area contributed by atoms with Crippen LogP contribution in [0.15, 0.2) is 42.5 Å². The highest BCUT2D eigenvalue weighted by molar-refractivity contribution is 6.30. The molecule has 98 valence electrons. The number of carbonyl (C=O) groups is 1. The SMILES string of the molecule is NC(=O)c1cccc(NCc2ccc(Cl)cc2F)c1. The van der Waals surface area contributed by atoms with E-state index >= 15 is 0 Å². The standard InChI is InChI=1S/C14H12ClFN2O/c15-11-5-4-10(13(16)7-11)8-18-12-3-1-2-9(6-12)14(17)19/h1-7,18H,8H2,(H2,17,19). The Kier molecular flexibility index (Phi) is 4.02. The average molecular weight is 279 g/mol. The first-order valence-corrected chi connectivity index (χ1v) is 6.02. The van der Waals surface area contributed by atoms with Crippen molar-refractivity contribution in [1.82, 2.24) is 0 Å². The molecule has 0 aliphatic heterocycles. The van der Waals surface area contributed by atoms with E-state index in [4.69, 9.17) is 17.3 Å². The quantitative estimate of drug-likeness (QED) is 0.902. The van der Waals surface area contributed by atoms with Crippen LogP contribution in [0.5, 0.6) is 0 Å². The van der Waals surface area contributed by atoms with Crippen LogP contribution in [0.4, 0.5) is 10.1 Å². The lowest BCUT2D eigenvalue weighted by molar-refractivity contribution is 0.100. The molecule has 0 aliphatic carbocycles. The van der Waals surface area contributed by atoms with Gasteiger partial charge in [0.2, 0.25) is 5.91 Å². The van der Waals surface area contributed by atoms with Gasteiger partial charge >= 0.3 is 0 Å². The molecule has 0 fully saturated rings. The minimum atomic E-state index is -0.499. The normalized spacial score (nSPS) is 10.2. The molecule has 0 radical (unpaired) electrons. The van der Waals surface area contributed by atoms with E-state index in [2.05, 4.69) is 5.32 Å². The number of nitrogens with one attached hydrogen (secondary N) is 1. The number of rotatable bonds is 4. The van der Waals surface area contributed by atoms with Crippen LogP contribution in [0.3, 0.4) is 0 Å². The van der Waals surface area contributed by atoms with Crippen LogP contribution >= 0.6 is 11.6 Å². The number of carbonyl (C=O) groups excluding carboxylic acids is 1. The van der Waals surface area contributed by atoms with Crippen LogP contribution in [-0.4, -0.2) is 5.91 Å². The zero-order chi connectivity index (χ0) is 13.8. The van der Waals surface area contributed by atoms with Crippen molar-refractivity contribution in [3.63, 3.8) is 0 Å². The van der Waals surface area contributed by atoms with Crippen molar-refractivity contribution in [3.05, 3.63) is 64.4 Å². The average Bonchev–Trinajstić information content (AvgIpc) is 2.38. The summed E-state index contributed by atoms with van der Waals surface area (Å²) in [5.41, 5.74) is 6.79. The van der Waals surface area contributed by atoms with Gasteiger partial charge in [0.25, 0.3) is 0 Å². The summed E-state index contributed by atoms with van der Waals surface area (Å²) in [5, 5.41) is 3.38. The third-order valence-corrected chi connectivity index (χ3v) is 2.88.